The number of ether oxygens (including phenoxy) is 7. The SMILES string of the molecule is OC[C@H]1O[C@H](O[C@@H]2[C@H](O)[C@@H](O)[C@H](O[C@H]3[C@@H](O)[C@@H](CO)O[C@@H](O[C@H]4[C@H](O)[C@@H](O)C(O)O[C@@H]4CO)[C@@H]3O)O[C@@H]2CO)[C@H](O)[C@@H](O)[C@H]1O. The standard InChI is InChI=1S/C24H42O21/c25-1-5-9(29)11(31)15(35)22(40-5)43-19-8(4-28)42-23(16(36)13(19)33)45-20-10(30)6(2-26)41-24(17(20)37)44-18-7(3-27)39-21(38)14(34)12(18)32/h5-38H,1-4H2/t5-,6-,7-,8-,9+,10+,11+,12-,13-,14-,15-,16-,17-,18-,19+,20+,21?,22-,23+,24+/m1/s1. The smallest absolute Gasteiger partial charge is 0.187 e. The minimum absolute atomic E-state index is 0.790. The van der Waals surface area contributed by atoms with Crippen LogP contribution in [0.3, 0.4) is 0 Å². The highest BCUT2D eigenvalue weighted by Gasteiger charge is 2.55. The molecule has 4 heterocycles. The fourth-order valence-electron chi connectivity index (χ4n) is 5.54. The molecular formula is C24H42O21. The molecule has 0 radical (unpaired) electrons. The van der Waals surface area contributed by atoms with E-state index in [1.165, 1.54) is 0 Å². The molecule has 0 bridgehead atoms. The van der Waals surface area contributed by atoms with E-state index in [1.807, 2.05) is 0 Å². The monoisotopic (exact) mass is 666 g/mol. The summed E-state index contributed by atoms with van der Waals surface area (Å²) >= 11 is 0. The third-order valence-electron chi connectivity index (χ3n) is 8.20. The van der Waals surface area contributed by atoms with Gasteiger partial charge in [0, 0.05) is 0 Å². The van der Waals surface area contributed by atoms with E-state index in [1.54, 1.807) is 0 Å². The lowest BCUT2D eigenvalue weighted by Crippen LogP contribution is -2.67. The summed E-state index contributed by atoms with van der Waals surface area (Å²) in [5.74, 6) is 0. The number of hydrogen-bond donors (Lipinski definition) is 14. The van der Waals surface area contributed by atoms with Gasteiger partial charge in [-0.1, -0.05) is 0 Å². The molecule has 21 heteroatoms. The molecule has 21 nitrogen and oxygen atoms in total. The van der Waals surface area contributed by atoms with Crippen molar-refractivity contribution < 1.29 is 105 Å². The zero-order valence-electron chi connectivity index (χ0n) is 23.5. The van der Waals surface area contributed by atoms with Gasteiger partial charge in [0.2, 0.25) is 0 Å². The predicted octanol–water partition coefficient (Wildman–Crippen LogP) is -9.75. The summed E-state index contributed by atoms with van der Waals surface area (Å²) in [6, 6.07) is 0. The zero-order valence-corrected chi connectivity index (χ0v) is 23.5. The van der Waals surface area contributed by atoms with E-state index >= 15 is 0 Å². The van der Waals surface area contributed by atoms with E-state index in [4.69, 9.17) is 33.2 Å². The van der Waals surface area contributed by atoms with Gasteiger partial charge in [-0.15, -0.1) is 0 Å². The van der Waals surface area contributed by atoms with Crippen molar-refractivity contribution in [3.05, 3.63) is 0 Å². The van der Waals surface area contributed by atoms with E-state index in [-0.39, 0.29) is 0 Å². The lowest BCUT2D eigenvalue weighted by Gasteiger charge is -2.49. The molecule has 0 aromatic carbocycles. The summed E-state index contributed by atoms with van der Waals surface area (Å²) in [6.45, 7) is -3.41. The highest BCUT2D eigenvalue weighted by molar-refractivity contribution is 4.97. The van der Waals surface area contributed by atoms with Crippen molar-refractivity contribution in [1.29, 1.82) is 0 Å². The van der Waals surface area contributed by atoms with Gasteiger partial charge in [0.1, 0.15) is 97.7 Å². The molecule has 4 aliphatic rings. The van der Waals surface area contributed by atoms with Crippen LogP contribution in [-0.4, -0.2) is 221 Å². The van der Waals surface area contributed by atoms with Crippen molar-refractivity contribution in [2.45, 2.75) is 123 Å². The molecule has 4 aliphatic heterocycles. The third-order valence-corrected chi connectivity index (χ3v) is 8.20. The van der Waals surface area contributed by atoms with Crippen LogP contribution in [0.2, 0.25) is 0 Å². The van der Waals surface area contributed by atoms with Gasteiger partial charge in [0.25, 0.3) is 0 Å². The van der Waals surface area contributed by atoms with Crippen molar-refractivity contribution in [1.82, 2.24) is 0 Å². The van der Waals surface area contributed by atoms with Gasteiger partial charge >= 0.3 is 0 Å². The quantitative estimate of drug-likeness (QED) is 0.103. The Labute approximate surface area is 254 Å². The topological polar surface area (TPSA) is 348 Å². The summed E-state index contributed by atoms with van der Waals surface area (Å²) in [5, 5.41) is 143. The van der Waals surface area contributed by atoms with Crippen molar-refractivity contribution in [2.24, 2.45) is 0 Å². The van der Waals surface area contributed by atoms with E-state index in [0.29, 0.717) is 0 Å². The first-order valence-corrected chi connectivity index (χ1v) is 14.1. The van der Waals surface area contributed by atoms with E-state index in [0.717, 1.165) is 0 Å². The molecule has 4 saturated heterocycles. The molecule has 0 amide bonds. The first-order valence-electron chi connectivity index (χ1n) is 14.1. The minimum Gasteiger partial charge on any atom is -0.394 e. The molecule has 0 aromatic heterocycles. The molecule has 4 rings (SSSR count). The molecule has 0 spiro atoms. The highest BCUT2D eigenvalue weighted by atomic mass is 16.8. The predicted molar refractivity (Wildman–Crippen MR) is 134 cm³/mol. The lowest BCUT2D eigenvalue weighted by molar-refractivity contribution is -0.388. The molecule has 0 aliphatic carbocycles. The minimum atomic E-state index is -2.05. The van der Waals surface area contributed by atoms with Gasteiger partial charge in [-0.25, -0.2) is 0 Å². The van der Waals surface area contributed by atoms with E-state index in [9.17, 15) is 71.5 Å². The summed E-state index contributed by atoms with van der Waals surface area (Å²) in [7, 11) is 0. The number of aliphatic hydroxyl groups is 14. The van der Waals surface area contributed by atoms with Crippen LogP contribution in [0.1, 0.15) is 0 Å². The number of hydrogen-bond acceptors (Lipinski definition) is 21. The van der Waals surface area contributed by atoms with Crippen LogP contribution < -0.4 is 0 Å². The maximum Gasteiger partial charge on any atom is 0.187 e. The molecule has 0 aromatic rings. The maximum absolute atomic E-state index is 11.0. The summed E-state index contributed by atoms with van der Waals surface area (Å²) in [5.41, 5.74) is 0. The van der Waals surface area contributed by atoms with Crippen LogP contribution in [0, 0.1) is 0 Å². The molecule has 45 heavy (non-hydrogen) atoms. The van der Waals surface area contributed by atoms with E-state index < -0.39 is 149 Å². The van der Waals surface area contributed by atoms with Crippen LogP contribution in [0.25, 0.3) is 0 Å². The Bertz CT molecular complexity index is 912. The summed E-state index contributed by atoms with van der Waals surface area (Å²) in [4.78, 5) is 0. The zero-order chi connectivity index (χ0) is 33.3. The maximum atomic E-state index is 11.0. The summed E-state index contributed by atoms with van der Waals surface area (Å²) in [6.07, 6.45) is -35.6. The molecule has 14 N–H and O–H groups in total. The fraction of sp³-hybridized carbons (Fsp3) is 1.00. The second-order valence-corrected chi connectivity index (χ2v) is 11.1. The Morgan fingerprint density at radius 2 is 0.711 bits per heavy atom. The van der Waals surface area contributed by atoms with Gasteiger partial charge in [0.05, 0.1) is 26.4 Å². The average molecular weight is 667 g/mol. The molecule has 1 unspecified atom stereocenters. The van der Waals surface area contributed by atoms with Crippen LogP contribution in [-0.2, 0) is 33.2 Å². The van der Waals surface area contributed by atoms with Crippen molar-refractivity contribution in [3.8, 4) is 0 Å². The van der Waals surface area contributed by atoms with Crippen molar-refractivity contribution in [2.75, 3.05) is 26.4 Å². The van der Waals surface area contributed by atoms with Gasteiger partial charge in [-0.2, -0.15) is 0 Å². The van der Waals surface area contributed by atoms with Gasteiger partial charge in [-0.05, 0) is 0 Å². The molecular weight excluding hydrogens is 624 g/mol. The highest BCUT2D eigenvalue weighted by Crippen LogP contribution is 2.34. The first-order chi connectivity index (χ1) is 21.3. The Morgan fingerprint density at radius 1 is 0.333 bits per heavy atom. The molecule has 4 fully saturated rings. The van der Waals surface area contributed by atoms with Crippen molar-refractivity contribution >= 4 is 0 Å². The second-order valence-electron chi connectivity index (χ2n) is 11.1. The molecule has 20 atom stereocenters. The van der Waals surface area contributed by atoms with E-state index in [2.05, 4.69) is 0 Å². The van der Waals surface area contributed by atoms with Crippen LogP contribution >= 0.6 is 0 Å². The molecule has 0 saturated carbocycles. The molecule has 264 valence electrons. The van der Waals surface area contributed by atoms with Crippen LogP contribution in [0.4, 0.5) is 0 Å². The van der Waals surface area contributed by atoms with Crippen LogP contribution in [0.15, 0.2) is 0 Å². The average Bonchev–Trinajstić information content (AvgIpc) is 3.03. The fourth-order valence-corrected chi connectivity index (χ4v) is 5.54. The van der Waals surface area contributed by atoms with Crippen LogP contribution in [0.5, 0.6) is 0 Å². The lowest BCUT2D eigenvalue weighted by atomic mass is 9.95. The van der Waals surface area contributed by atoms with Crippen molar-refractivity contribution in [3.63, 3.8) is 0 Å². The Kier molecular flexibility index (Phi) is 12.8. The first kappa shape index (κ1) is 37.0. The van der Waals surface area contributed by atoms with Gasteiger partial charge in [0.15, 0.2) is 25.2 Å². The number of aliphatic hydroxyl groups excluding tert-OH is 14. The summed E-state index contributed by atoms with van der Waals surface area (Å²) < 4.78 is 37.7. The largest absolute Gasteiger partial charge is 0.394 e. The van der Waals surface area contributed by atoms with Gasteiger partial charge in [-0.3, -0.25) is 0 Å². The normalized spacial score (nSPS) is 52.9. The second kappa shape index (κ2) is 15.6. The number of rotatable bonds is 10. The Hall–Kier alpha value is -0.840. The Morgan fingerprint density at radius 3 is 1.22 bits per heavy atom. The van der Waals surface area contributed by atoms with Gasteiger partial charge < -0.3 is 105 Å². The Balaban J connectivity index is 1.48. The third kappa shape index (κ3) is 7.44.